The standard InChI is InChI=1S/C21H27N3O3/c25-21(10-17-4-2-1-3-5-17)23-12-19-11-22-16-24(19)20(13-23)15-27-14-18-6-8-26-9-7-18/h1-5,11,16,18,20H,6-10,12-15H2/t20-/m0/s1. The van der Waals surface area contributed by atoms with Crippen molar-refractivity contribution in [2.24, 2.45) is 5.92 Å². The molecule has 2 aliphatic rings. The van der Waals surface area contributed by atoms with Crippen LogP contribution in [-0.4, -0.2) is 53.3 Å². The minimum Gasteiger partial charge on any atom is -0.381 e. The van der Waals surface area contributed by atoms with Gasteiger partial charge in [0.05, 0.1) is 37.6 Å². The molecule has 144 valence electrons. The van der Waals surface area contributed by atoms with Gasteiger partial charge in [0.15, 0.2) is 0 Å². The van der Waals surface area contributed by atoms with Crippen LogP contribution in [0.4, 0.5) is 0 Å². The number of carbonyl (C=O) groups excluding carboxylic acids is 1. The van der Waals surface area contributed by atoms with Gasteiger partial charge in [0, 0.05) is 32.6 Å². The molecule has 27 heavy (non-hydrogen) atoms. The lowest BCUT2D eigenvalue weighted by Crippen LogP contribution is -2.43. The highest BCUT2D eigenvalue weighted by molar-refractivity contribution is 5.78. The van der Waals surface area contributed by atoms with E-state index >= 15 is 0 Å². The van der Waals surface area contributed by atoms with Crippen molar-refractivity contribution in [3.05, 3.63) is 54.1 Å². The Bertz CT molecular complexity index is 740. The van der Waals surface area contributed by atoms with Crippen molar-refractivity contribution in [1.82, 2.24) is 14.5 Å². The lowest BCUT2D eigenvalue weighted by Gasteiger charge is -2.35. The van der Waals surface area contributed by atoms with Crippen LogP contribution >= 0.6 is 0 Å². The molecule has 0 radical (unpaired) electrons. The molecule has 0 unspecified atom stereocenters. The number of ether oxygens (including phenoxy) is 2. The Kier molecular flexibility index (Phi) is 5.84. The number of carbonyl (C=O) groups is 1. The fourth-order valence-electron chi connectivity index (χ4n) is 3.87. The average molecular weight is 369 g/mol. The SMILES string of the molecule is O=C(Cc1ccccc1)N1Cc2cncn2[C@H](COCC2CCOCC2)C1. The van der Waals surface area contributed by atoms with Gasteiger partial charge >= 0.3 is 0 Å². The number of hydrogen-bond donors (Lipinski definition) is 0. The highest BCUT2D eigenvalue weighted by Crippen LogP contribution is 2.23. The first kappa shape index (κ1) is 18.2. The molecule has 0 spiro atoms. The Labute approximate surface area is 160 Å². The zero-order valence-corrected chi connectivity index (χ0v) is 15.6. The predicted molar refractivity (Wildman–Crippen MR) is 101 cm³/mol. The molecule has 1 fully saturated rings. The summed E-state index contributed by atoms with van der Waals surface area (Å²) in [6.07, 6.45) is 6.29. The van der Waals surface area contributed by atoms with Gasteiger partial charge in [0.2, 0.25) is 5.91 Å². The summed E-state index contributed by atoms with van der Waals surface area (Å²) in [6.45, 7) is 4.33. The average Bonchev–Trinajstić information content (AvgIpc) is 3.18. The summed E-state index contributed by atoms with van der Waals surface area (Å²) in [4.78, 5) is 19.0. The van der Waals surface area contributed by atoms with E-state index in [9.17, 15) is 4.79 Å². The Morgan fingerprint density at radius 3 is 2.81 bits per heavy atom. The van der Waals surface area contributed by atoms with Crippen LogP contribution in [-0.2, 0) is 27.2 Å². The van der Waals surface area contributed by atoms with Crippen LogP contribution < -0.4 is 0 Å². The smallest absolute Gasteiger partial charge is 0.227 e. The maximum Gasteiger partial charge on any atom is 0.227 e. The van der Waals surface area contributed by atoms with E-state index < -0.39 is 0 Å². The molecule has 0 saturated carbocycles. The molecule has 1 amide bonds. The molecule has 3 heterocycles. The zero-order valence-electron chi connectivity index (χ0n) is 15.6. The van der Waals surface area contributed by atoms with Crippen molar-refractivity contribution in [3.8, 4) is 0 Å². The molecule has 1 aromatic carbocycles. The van der Waals surface area contributed by atoms with Crippen LogP contribution in [0.1, 0.15) is 30.1 Å². The van der Waals surface area contributed by atoms with E-state index in [4.69, 9.17) is 9.47 Å². The fourth-order valence-corrected chi connectivity index (χ4v) is 3.87. The van der Waals surface area contributed by atoms with Gasteiger partial charge in [-0.25, -0.2) is 4.98 Å². The van der Waals surface area contributed by atoms with Crippen LogP contribution in [0.5, 0.6) is 0 Å². The molecule has 0 N–H and O–H groups in total. The van der Waals surface area contributed by atoms with E-state index in [2.05, 4.69) is 9.55 Å². The summed E-state index contributed by atoms with van der Waals surface area (Å²) in [5.74, 6) is 0.739. The molecule has 1 aromatic heterocycles. The van der Waals surface area contributed by atoms with Crippen molar-refractivity contribution < 1.29 is 14.3 Å². The van der Waals surface area contributed by atoms with E-state index in [-0.39, 0.29) is 11.9 Å². The predicted octanol–water partition coefficient (Wildman–Crippen LogP) is 2.45. The first-order valence-electron chi connectivity index (χ1n) is 9.77. The maximum absolute atomic E-state index is 12.8. The van der Waals surface area contributed by atoms with Gasteiger partial charge in [-0.2, -0.15) is 0 Å². The van der Waals surface area contributed by atoms with Crippen LogP contribution in [0.2, 0.25) is 0 Å². The van der Waals surface area contributed by atoms with Gasteiger partial charge in [-0.15, -0.1) is 0 Å². The Hall–Kier alpha value is -2.18. The topological polar surface area (TPSA) is 56.6 Å². The van der Waals surface area contributed by atoms with Crippen molar-refractivity contribution in [1.29, 1.82) is 0 Å². The lowest BCUT2D eigenvalue weighted by molar-refractivity contribution is -0.133. The molecular weight excluding hydrogens is 342 g/mol. The van der Waals surface area contributed by atoms with E-state index in [1.807, 2.05) is 47.8 Å². The largest absolute Gasteiger partial charge is 0.381 e. The van der Waals surface area contributed by atoms with Gasteiger partial charge in [0.25, 0.3) is 0 Å². The van der Waals surface area contributed by atoms with Gasteiger partial charge in [-0.3, -0.25) is 4.79 Å². The van der Waals surface area contributed by atoms with Gasteiger partial charge in [-0.05, 0) is 24.3 Å². The number of imidazole rings is 1. The van der Waals surface area contributed by atoms with Crippen LogP contribution in [0.15, 0.2) is 42.9 Å². The van der Waals surface area contributed by atoms with Crippen molar-refractivity contribution in [3.63, 3.8) is 0 Å². The molecular formula is C21H27N3O3. The molecule has 6 nitrogen and oxygen atoms in total. The first-order valence-corrected chi connectivity index (χ1v) is 9.77. The molecule has 1 saturated heterocycles. The second kappa shape index (κ2) is 8.67. The molecule has 4 rings (SSSR count). The number of fused-ring (bicyclic) bond motifs is 1. The molecule has 0 aliphatic carbocycles. The highest BCUT2D eigenvalue weighted by atomic mass is 16.5. The highest BCUT2D eigenvalue weighted by Gasteiger charge is 2.28. The zero-order chi connectivity index (χ0) is 18.5. The first-order chi connectivity index (χ1) is 13.3. The number of amides is 1. The van der Waals surface area contributed by atoms with Gasteiger partial charge in [0.1, 0.15) is 0 Å². The summed E-state index contributed by atoms with van der Waals surface area (Å²) >= 11 is 0. The third kappa shape index (κ3) is 4.57. The van der Waals surface area contributed by atoms with E-state index in [1.165, 1.54) is 0 Å². The third-order valence-corrected chi connectivity index (χ3v) is 5.48. The summed E-state index contributed by atoms with van der Waals surface area (Å²) in [7, 11) is 0. The van der Waals surface area contributed by atoms with Gasteiger partial charge < -0.3 is 18.9 Å². The van der Waals surface area contributed by atoms with Crippen LogP contribution in [0, 0.1) is 5.92 Å². The number of rotatable bonds is 6. The van der Waals surface area contributed by atoms with Crippen LogP contribution in [0.25, 0.3) is 0 Å². The van der Waals surface area contributed by atoms with Gasteiger partial charge in [-0.1, -0.05) is 30.3 Å². The monoisotopic (exact) mass is 369 g/mol. The van der Waals surface area contributed by atoms with E-state index in [0.29, 0.717) is 32.0 Å². The summed E-state index contributed by atoms with van der Waals surface area (Å²) in [5.41, 5.74) is 2.12. The van der Waals surface area contributed by atoms with E-state index in [1.54, 1.807) is 0 Å². The number of hydrogen-bond acceptors (Lipinski definition) is 4. The second-order valence-electron chi connectivity index (χ2n) is 7.48. The third-order valence-electron chi connectivity index (χ3n) is 5.48. The molecule has 1 atom stereocenters. The number of aromatic nitrogens is 2. The maximum atomic E-state index is 12.8. The number of benzene rings is 1. The molecule has 6 heteroatoms. The Balaban J connectivity index is 1.36. The second-order valence-corrected chi connectivity index (χ2v) is 7.48. The summed E-state index contributed by atoms with van der Waals surface area (Å²) in [5, 5.41) is 0. The quantitative estimate of drug-likeness (QED) is 0.785. The van der Waals surface area contributed by atoms with Crippen molar-refractivity contribution in [2.45, 2.75) is 31.8 Å². The normalized spacial score (nSPS) is 20.4. The van der Waals surface area contributed by atoms with E-state index in [0.717, 1.165) is 43.9 Å². The summed E-state index contributed by atoms with van der Waals surface area (Å²) < 4.78 is 13.6. The van der Waals surface area contributed by atoms with Crippen LogP contribution in [0.3, 0.4) is 0 Å². The Morgan fingerprint density at radius 2 is 2.00 bits per heavy atom. The van der Waals surface area contributed by atoms with Crippen molar-refractivity contribution in [2.75, 3.05) is 33.0 Å². The lowest BCUT2D eigenvalue weighted by atomic mass is 10.0. The summed E-state index contributed by atoms with van der Waals surface area (Å²) in [6, 6.07) is 10.0. The molecule has 2 aromatic rings. The fraction of sp³-hybridized carbons (Fsp3) is 0.524. The molecule has 2 aliphatic heterocycles. The van der Waals surface area contributed by atoms with Crippen molar-refractivity contribution >= 4 is 5.91 Å². The Morgan fingerprint density at radius 1 is 1.19 bits per heavy atom. The number of nitrogens with zero attached hydrogens (tertiary/aromatic N) is 3. The minimum absolute atomic E-state index is 0.121. The minimum atomic E-state index is 0.121. The molecule has 0 bridgehead atoms.